The van der Waals surface area contributed by atoms with Gasteiger partial charge in [-0.3, -0.25) is 9.67 Å². The van der Waals surface area contributed by atoms with E-state index in [1.807, 2.05) is 34.9 Å². The molecule has 1 aromatic heterocycles. The van der Waals surface area contributed by atoms with E-state index in [4.69, 9.17) is 17.0 Å². The monoisotopic (exact) mass is 321 g/mol. The van der Waals surface area contributed by atoms with Crippen molar-refractivity contribution in [3.63, 3.8) is 0 Å². The van der Waals surface area contributed by atoms with E-state index < -0.39 is 6.10 Å². The van der Waals surface area contributed by atoms with Crippen molar-refractivity contribution in [1.82, 2.24) is 14.8 Å². The molecule has 1 aromatic carbocycles. The van der Waals surface area contributed by atoms with Crippen molar-refractivity contribution in [1.29, 1.82) is 0 Å². The average Bonchev–Trinajstić information content (AvgIpc) is 2.91. The lowest BCUT2D eigenvalue weighted by atomic mass is 10.2. The van der Waals surface area contributed by atoms with Gasteiger partial charge in [0.15, 0.2) is 4.77 Å². The highest BCUT2D eigenvalue weighted by Crippen LogP contribution is 2.12. The Kier molecular flexibility index (Phi) is 6.76. The van der Waals surface area contributed by atoms with Crippen molar-refractivity contribution < 1.29 is 9.84 Å². The van der Waals surface area contributed by atoms with Crippen molar-refractivity contribution >= 4 is 12.2 Å². The minimum absolute atomic E-state index is 0.372. The standard InChI is InChI=1S/C16H23N3O2S/c1-2-3-11-21-12-14(20)9-10-15-17-18-16(22)19(15)13-7-5-4-6-8-13/h4-8,14,20H,2-3,9-12H2,1H3,(H,18,22)/t14-/m0/s1. The molecule has 0 aliphatic rings. The first-order valence-electron chi connectivity index (χ1n) is 7.70. The van der Waals surface area contributed by atoms with Crippen molar-refractivity contribution in [2.75, 3.05) is 13.2 Å². The summed E-state index contributed by atoms with van der Waals surface area (Å²) >= 11 is 5.29. The molecular formula is C16H23N3O2S. The van der Waals surface area contributed by atoms with Gasteiger partial charge >= 0.3 is 0 Å². The van der Waals surface area contributed by atoms with E-state index >= 15 is 0 Å². The summed E-state index contributed by atoms with van der Waals surface area (Å²) in [4.78, 5) is 0. The van der Waals surface area contributed by atoms with Crippen LogP contribution in [0.2, 0.25) is 0 Å². The number of ether oxygens (including phenoxy) is 1. The molecule has 0 spiro atoms. The number of aromatic amines is 1. The number of para-hydroxylation sites is 1. The number of aryl methyl sites for hydroxylation is 1. The lowest BCUT2D eigenvalue weighted by Gasteiger charge is -2.11. The number of aliphatic hydroxyl groups excluding tert-OH is 1. The summed E-state index contributed by atoms with van der Waals surface area (Å²) in [7, 11) is 0. The highest BCUT2D eigenvalue weighted by Gasteiger charge is 2.11. The van der Waals surface area contributed by atoms with E-state index in [-0.39, 0.29) is 0 Å². The Labute approximate surface area is 136 Å². The second-order valence-corrected chi connectivity index (χ2v) is 5.62. The van der Waals surface area contributed by atoms with E-state index in [1.165, 1.54) is 0 Å². The smallest absolute Gasteiger partial charge is 0.199 e. The Balaban J connectivity index is 1.93. The first-order chi connectivity index (χ1) is 10.7. The largest absolute Gasteiger partial charge is 0.391 e. The first kappa shape index (κ1) is 16.9. The molecule has 0 aliphatic heterocycles. The molecule has 0 saturated heterocycles. The summed E-state index contributed by atoms with van der Waals surface area (Å²) in [6.07, 6.45) is 2.88. The molecule has 120 valence electrons. The Bertz CT molecular complexity index is 609. The minimum atomic E-state index is -0.480. The Morgan fingerprint density at radius 2 is 2.14 bits per heavy atom. The second kappa shape index (κ2) is 8.82. The third-order valence-electron chi connectivity index (χ3n) is 3.41. The van der Waals surface area contributed by atoms with Crippen LogP contribution in [0.25, 0.3) is 5.69 Å². The quantitative estimate of drug-likeness (QED) is 0.550. The minimum Gasteiger partial charge on any atom is -0.391 e. The fourth-order valence-corrected chi connectivity index (χ4v) is 2.44. The number of hydrogen-bond donors (Lipinski definition) is 2. The number of nitrogens with one attached hydrogen (secondary N) is 1. The van der Waals surface area contributed by atoms with Crippen LogP contribution in [0.4, 0.5) is 0 Å². The zero-order valence-corrected chi connectivity index (χ0v) is 13.7. The van der Waals surface area contributed by atoms with Gasteiger partial charge in [-0.25, -0.2) is 0 Å². The maximum Gasteiger partial charge on any atom is 0.199 e. The molecule has 6 heteroatoms. The molecule has 22 heavy (non-hydrogen) atoms. The predicted octanol–water partition coefficient (Wildman–Crippen LogP) is 3.04. The van der Waals surface area contributed by atoms with Crippen molar-refractivity contribution in [2.45, 2.75) is 38.7 Å². The lowest BCUT2D eigenvalue weighted by molar-refractivity contribution is 0.0314. The third-order valence-corrected chi connectivity index (χ3v) is 3.68. The van der Waals surface area contributed by atoms with Crippen LogP contribution in [0.1, 0.15) is 32.0 Å². The Hall–Kier alpha value is -1.50. The normalized spacial score (nSPS) is 12.5. The molecule has 0 radical (unpaired) electrons. The van der Waals surface area contributed by atoms with E-state index in [0.29, 0.717) is 30.8 Å². The number of H-pyrrole nitrogens is 1. The fourth-order valence-electron chi connectivity index (χ4n) is 2.19. The first-order valence-corrected chi connectivity index (χ1v) is 8.10. The number of benzene rings is 1. The van der Waals surface area contributed by atoms with Crippen LogP contribution in [0, 0.1) is 4.77 Å². The van der Waals surface area contributed by atoms with Crippen LogP contribution < -0.4 is 0 Å². The second-order valence-electron chi connectivity index (χ2n) is 5.24. The summed E-state index contributed by atoms with van der Waals surface area (Å²) in [6.45, 7) is 3.19. The van der Waals surface area contributed by atoms with Gasteiger partial charge in [0.2, 0.25) is 0 Å². The van der Waals surface area contributed by atoms with Gasteiger partial charge in [0.1, 0.15) is 5.82 Å². The van der Waals surface area contributed by atoms with Gasteiger partial charge in [-0.2, -0.15) is 5.10 Å². The van der Waals surface area contributed by atoms with Crippen LogP contribution in [-0.2, 0) is 11.2 Å². The fraction of sp³-hybridized carbons (Fsp3) is 0.500. The number of aliphatic hydroxyl groups is 1. The van der Waals surface area contributed by atoms with Crippen LogP contribution in [-0.4, -0.2) is 39.2 Å². The number of aromatic nitrogens is 3. The third kappa shape index (κ3) is 4.76. The van der Waals surface area contributed by atoms with Crippen molar-refractivity contribution in [3.05, 3.63) is 40.9 Å². The lowest BCUT2D eigenvalue weighted by Crippen LogP contribution is -2.17. The molecule has 0 unspecified atom stereocenters. The van der Waals surface area contributed by atoms with Crippen LogP contribution in [0.15, 0.2) is 30.3 Å². The molecule has 1 heterocycles. The Morgan fingerprint density at radius 3 is 2.86 bits per heavy atom. The molecule has 0 saturated carbocycles. The summed E-state index contributed by atoms with van der Waals surface area (Å²) < 4.78 is 7.91. The number of hydrogen-bond acceptors (Lipinski definition) is 4. The summed E-state index contributed by atoms with van der Waals surface area (Å²) in [5, 5.41) is 17.1. The van der Waals surface area contributed by atoms with Gasteiger partial charge in [-0.15, -0.1) is 0 Å². The molecule has 0 amide bonds. The highest BCUT2D eigenvalue weighted by atomic mass is 32.1. The molecule has 2 rings (SSSR count). The van der Waals surface area contributed by atoms with E-state index in [2.05, 4.69) is 17.1 Å². The Morgan fingerprint density at radius 1 is 1.36 bits per heavy atom. The summed E-state index contributed by atoms with van der Waals surface area (Å²) in [6, 6.07) is 9.86. The molecular weight excluding hydrogens is 298 g/mol. The van der Waals surface area contributed by atoms with E-state index in [0.717, 1.165) is 24.4 Å². The van der Waals surface area contributed by atoms with Gasteiger partial charge in [0.25, 0.3) is 0 Å². The molecule has 2 N–H and O–H groups in total. The average molecular weight is 321 g/mol. The van der Waals surface area contributed by atoms with Gasteiger partial charge < -0.3 is 9.84 Å². The zero-order valence-electron chi connectivity index (χ0n) is 12.9. The van der Waals surface area contributed by atoms with Crippen LogP contribution in [0.5, 0.6) is 0 Å². The summed E-state index contributed by atoms with van der Waals surface area (Å²) in [5.74, 6) is 0.823. The van der Waals surface area contributed by atoms with Crippen LogP contribution >= 0.6 is 12.2 Å². The molecule has 2 aromatic rings. The summed E-state index contributed by atoms with van der Waals surface area (Å²) in [5.41, 5.74) is 0.977. The van der Waals surface area contributed by atoms with Gasteiger partial charge in [0.05, 0.1) is 12.7 Å². The maximum atomic E-state index is 9.98. The SMILES string of the molecule is CCCCOC[C@@H](O)CCc1n[nH]c(=S)n1-c1ccccc1. The van der Waals surface area contributed by atoms with E-state index in [1.54, 1.807) is 0 Å². The van der Waals surface area contributed by atoms with Gasteiger partial charge in [-0.05, 0) is 37.2 Å². The van der Waals surface area contributed by atoms with E-state index in [9.17, 15) is 5.11 Å². The molecule has 0 aliphatic carbocycles. The molecule has 0 fully saturated rings. The molecule has 1 atom stereocenters. The number of rotatable bonds is 9. The van der Waals surface area contributed by atoms with Crippen LogP contribution in [0.3, 0.4) is 0 Å². The van der Waals surface area contributed by atoms with Crippen molar-refractivity contribution in [3.8, 4) is 5.69 Å². The number of nitrogens with zero attached hydrogens (tertiary/aromatic N) is 2. The van der Waals surface area contributed by atoms with Gasteiger partial charge in [0, 0.05) is 18.7 Å². The molecule has 5 nitrogen and oxygen atoms in total. The zero-order chi connectivity index (χ0) is 15.8. The maximum absolute atomic E-state index is 9.98. The molecule has 0 bridgehead atoms. The highest BCUT2D eigenvalue weighted by molar-refractivity contribution is 7.71. The predicted molar refractivity (Wildman–Crippen MR) is 88.8 cm³/mol. The van der Waals surface area contributed by atoms with Gasteiger partial charge in [-0.1, -0.05) is 31.5 Å². The topological polar surface area (TPSA) is 63.1 Å². The van der Waals surface area contributed by atoms with Crippen molar-refractivity contribution in [2.24, 2.45) is 0 Å². The number of unbranched alkanes of at least 4 members (excludes halogenated alkanes) is 1.